The van der Waals surface area contributed by atoms with Crippen LogP contribution in [0.5, 0.6) is 0 Å². The summed E-state index contributed by atoms with van der Waals surface area (Å²) in [5.74, 6) is -4.05. The summed E-state index contributed by atoms with van der Waals surface area (Å²) in [4.78, 5) is 81.7. The van der Waals surface area contributed by atoms with Crippen molar-refractivity contribution in [2.45, 2.75) is 38.5 Å². The second-order valence-electron chi connectivity index (χ2n) is 5.99. The van der Waals surface area contributed by atoms with E-state index >= 15 is 0 Å². The molecule has 0 aromatic heterocycles. The number of amides is 4. The second-order valence-corrected chi connectivity index (χ2v) is 6.52. The zero-order valence-electron chi connectivity index (χ0n) is 16.0. The molecule has 0 aliphatic carbocycles. The predicted octanol–water partition coefficient (Wildman–Crippen LogP) is -0.542. The number of hydroxylamine groups is 3. The third kappa shape index (κ3) is 9.13. The van der Waals surface area contributed by atoms with Crippen LogP contribution in [0.2, 0.25) is 0 Å². The van der Waals surface area contributed by atoms with Crippen LogP contribution in [0.15, 0.2) is 11.1 Å². The van der Waals surface area contributed by atoms with Crippen molar-refractivity contribution in [1.29, 1.82) is 0 Å². The molecule has 12 nitrogen and oxygen atoms in total. The van der Waals surface area contributed by atoms with Gasteiger partial charge < -0.3 is 19.7 Å². The van der Waals surface area contributed by atoms with Gasteiger partial charge in [-0.3, -0.25) is 19.2 Å². The molecule has 0 unspecified atom stereocenters. The monoisotopic (exact) mass is 491 g/mol. The van der Waals surface area contributed by atoms with Gasteiger partial charge >= 0.3 is 11.9 Å². The van der Waals surface area contributed by atoms with E-state index in [1.54, 1.807) is 0 Å². The quantitative estimate of drug-likeness (QED) is 0.219. The lowest BCUT2D eigenvalue weighted by Crippen LogP contribution is -2.37. The molecule has 0 spiro atoms. The van der Waals surface area contributed by atoms with Crippen molar-refractivity contribution >= 4 is 51.5 Å². The SMILES string of the molecule is O=C(CCCO)NOC(=O)CCN(CCC(=O)ON1C(=O)CCC1=O)C(=O)/C=C/Br. The van der Waals surface area contributed by atoms with Gasteiger partial charge in [0.25, 0.3) is 17.7 Å². The molecule has 1 rings (SSSR count). The summed E-state index contributed by atoms with van der Waals surface area (Å²) in [5.41, 5.74) is 1.93. The van der Waals surface area contributed by atoms with Crippen LogP contribution in [0.4, 0.5) is 0 Å². The van der Waals surface area contributed by atoms with Crippen LogP contribution in [0, 0.1) is 0 Å². The molecule has 4 amide bonds. The average Bonchev–Trinajstić information content (AvgIpc) is 3.02. The fourth-order valence-corrected chi connectivity index (χ4v) is 2.43. The molecular formula is C17H22BrN3O9. The summed E-state index contributed by atoms with van der Waals surface area (Å²) in [7, 11) is 0. The third-order valence-corrected chi connectivity index (χ3v) is 3.99. The van der Waals surface area contributed by atoms with Crippen molar-refractivity contribution in [3.8, 4) is 0 Å². The van der Waals surface area contributed by atoms with Crippen LogP contribution in [-0.4, -0.2) is 70.3 Å². The number of nitrogens with one attached hydrogen (secondary N) is 1. The van der Waals surface area contributed by atoms with Gasteiger partial charge in [-0.05, 0) is 11.4 Å². The maximum atomic E-state index is 12.1. The standard InChI is InChI=1S/C17H22BrN3O9/c18-8-5-13(24)20(9-6-16(27)29-19-12(23)2-1-11-22)10-7-17(28)30-21-14(25)3-4-15(21)26/h5,8,22H,1-4,6-7,9-11H2,(H,19,23)/b8-5+. The van der Waals surface area contributed by atoms with Crippen molar-refractivity contribution in [2.24, 2.45) is 0 Å². The van der Waals surface area contributed by atoms with E-state index in [4.69, 9.17) is 9.94 Å². The van der Waals surface area contributed by atoms with Gasteiger partial charge in [-0.15, -0.1) is 5.06 Å². The molecule has 0 radical (unpaired) electrons. The van der Waals surface area contributed by atoms with Gasteiger partial charge in [0.05, 0.1) is 12.8 Å². The van der Waals surface area contributed by atoms with Gasteiger partial charge in [-0.2, -0.15) is 5.48 Å². The van der Waals surface area contributed by atoms with Crippen LogP contribution in [0.25, 0.3) is 0 Å². The number of aliphatic hydroxyl groups excluding tert-OH is 1. The fraction of sp³-hybridized carbons (Fsp3) is 0.529. The summed E-state index contributed by atoms with van der Waals surface area (Å²) in [6.45, 7) is -0.459. The number of aliphatic hydroxyl groups is 1. The summed E-state index contributed by atoms with van der Waals surface area (Å²) in [6, 6.07) is 0. The molecule has 0 aromatic carbocycles. The highest BCUT2D eigenvalue weighted by Crippen LogP contribution is 2.13. The number of rotatable bonds is 11. The van der Waals surface area contributed by atoms with E-state index in [2.05, 4.69) is 20.8 Å². The first-order valence-corrected chi connectivity index (χ1v) is 9.91. The fourth-order valence-electron chi connectivity index (χ4n) is 2.20. The summed E-state index contributed by atoms with van der Waals surface area (Å²) >= 11 is 2.95. The number of carbonyl (C=O) groups excluding carboxylic acids is 6. The van der Waals surface area contributed by atoms with E-state index < -0.39 is 35.6 Å². The second kappa shape index (κ2) is 13.4. The Morgan fingerprint density at radius 2 is 1.67 bits per heavy atom. The highest BCUT2D eigenvalue weighted by Gasteiger charge is 2.32. The maximum Gasteiger partial charge on any atom is 0.334 e. The highest BCUT2D eigenvalue weighted by atomic mass is 79.9. The Kier molecular flexibility index (Phi) is 11.3. The molecular weight excluding hydrogens is 470 g/mol. The molecule has 0 bridgehead atoms. The van der Waals surface area contributed by atoms with Crippen molar-refractivity contribution in [3.05, 3.63) is 11.1 Å². The minimum Gasteiger partial charge on any atom is -0.396 e. The Labute approximate surface area is 180 Å². The van der Waals surface area contributed by atoms with Crippen LogP contribution in [0.1, 0.15) is 38.5 Å². The average molecular weight is 492 g/mol. The molecule has 1 heterocycles. The van der Waals surface area contributed by atoms with Gasteiger partial charge in [0.15, 0.2) is 0 Å². The minimum absolute atomic E-state index is 0.0193. The summed E-state index contributed by atoms with van der Waals surface area (Å²) in [5, 5.41) is 9.03. The predicted molar refractivity (Wildman–Crippen MR) is 102 cm³/mol. The molecule has 0 saturated carbocycles. The van der Waals surface area contributed by atoms with E-state index in [-0.39, 0.29) is 58.2 Å². The largest absolute Gasteiger partial charge is 0.396 e. The molecule has 166 valence electrons. The van der Waals surface area contributed by atoms with E-state index in [0.29, 0.717) is 5.06 Å². The van der Waals surface area contributed by atoms with Crippen molar-refractivity contribution in [2.75, 3.05) is 19.7 Å². The normalized spacial score (nSPS) is 13.5. The van der Waals surface area contributed by atoms with Crippen molar-refractivity contribution in [3.63, 3.8) is 0 Å². The molecule has 1 aliphatic rings. The van der Waals surface area contributed by atoms with Crippen LogP contribution < -0.4 is 5.48 Å². The highest BCUT2D eigenvalue weighted by molar-refractivity contribution is 9.11. The van der Waals surface area contributed by atoms with E-state index in [1.807, 2.05) is 5.48 Å². The third-order valence-electron chi connectivity index (χ3n) is 3.73. The number of imide groups is 1. The molecule has 1 fully saturated rings. The molecule has 1 saturated heterocycles. The Morgan fingerprint density at radius 1 is 1.07 bits per heavy atom. The minimum atomic E-state index is -0.891. The zero-order chi connectivity index (χ0) is 22.5. The Bertz CT molecular complexity index is 695. The Hall–Kier alpha value is -2.80. The first kappa shape index (κ1) is 25.2. The number of halogens is 1. The number of hydrogen-bond donors (Lipinski definition) is 2. The molecule has 2 N–H and O–H groups in total. The zero-order valence-corrected chi connectivity index (χ0v) is 17.6. The smallest absolute Gasteiger partial charge is 0.334 e. The lowest BCUT2D eigenvalue weighted by molar-refractivity contribution is -0.197. The Morgan fingerprint density at radius 3 is 2.23 bits per heavy atom. The number of hydrogen-bond acceptors (Lipinski definition) is 9. The lowest BCUT2D eigenvalue weighted by Gasteiger charge is -2.21. The molecule has 30 heavy (non-hydrogen) atoms. The van der Waals surface area contributed by atoms with Crippen LogP contribution in [-0.2, 0) is 38.4 Å². The number of carbonyl (C=O) groups is 6. The first-order chi connectivity index (χ1) is 14.3. The van der Waals surface area contributed by atoms with Gasteiger partial charge in [0.1, 0.15) is 0 Å². The van der Waals surface area contributed by atoms with Gasteiger partial charge in [0, 0.05) is 45.0 Å². The van der Waals surface area contributed by atoms with E-state index in [1.165, 1.54) is 4.99 Å². The van der Waals surface area contributed by atoms with Gasteiger partial charge in [-0.25, -0.2) is 9.59 Å². The summed E-state index contributed by atoms with van der Waals surface area (Å²) in [6.07, 6.45) is 0.674. The molecule has 0 aromatic rings. The molecule has 0 atom stereocenters. The topological polar surface area (TPSA) is 160 Å². The van der Waals surface area contributed by atoms with Crippen molar-refractivity contribution < 1.29 is 43.5 Å². The van der Waals surface area contributed by atoms with Crippen LogP contribution >= 0.6 is 15.9 Å². The van der Waals surface area contributed by atoms with E-state index in [9.17, 15) is 28.8 Å². The van der Waals surface area contributed by atoms with E-state index in [0.717, 1.165) is 11.0 Å². The number of nitrogens with zero attached hydrogens (tertiary/aromatic N) is 2. The van der Waals surface area contributed by atoms with Crippen LogP contribution in [0.3, 0.4) is 0 Å². The van der Waals surface area contributed by atoms with Crippen molar-refractivity contribution in [1.82, 2.24) is 15.4 Å². The first-order valence-electron chi connectivity index (χ1n) is 9.00. The molecule has 13 heteroatoms. The van der Waals surface area contributed by atoms with Gasteiger partial charge in [0.2, 0.25) is 5.91 Å². The summed E-state index contributed by atoms with van der Waals surface area (Å²) < 4.78 is 0. The maximum absolute atomic E-state index is 12.1. The molecule has 1 aliphatic heterocycles. The van der Waals surface area contributed by atoms with Gasteiger partial charge in [-0.1, -0.05) is 15.9 Å². The Balaban J connectivity index is 2.49. The lowest BCUT2D eigenvalue weighted by atomic mass is 10.3.